The maximum atomic E-state index is 13.0. The highest BCUT2D eigenvalue weighted by Crippen LogP contribution is 2.36. The fourth-order valence-corrected chi connectivity index (χ4v) is 3.75. The third-order valence-corrected chi connectivity index (χ3v) is 5.42. The average molecular weight is 396 g/mol. The van der Waals surface area contributed by atoms with Gasteiger partial charge >= 0.3 is 0 Å². The van der Waals surface area contributed by atoms with Gasteiger partial charge < -0.3 is 19.7 Å². The zero-order valence-electron chi connectivity index (χ0n) is 17.5. The number of para-hydroxylation sites is 1. The molecule has 0 bridgehead atoms. The van der Waals surface area contributed by atoms with Gasteiger partial charge in [0.15, 0.2) is 0 Å². The number of methoxy groups -OCH3 is 2. The summed E-state index contributed by atoms with van der Waals surface area (Å²) in [6.07, 6.45) is 1.85. The average Bonchev–Trinajstić information content (AvgIpc) is 3.14. The van der Waals surface area contributed by atoms with Gasteiger partial charge in [0.05, 0.1) is 25.8 Å². The number of amides is 2. The second-order valence-corrected chi connectivity index (χ2v) is 7.09. The van der Waals surface area contributed by atoms with Crippen LogP contribution in [0, 0.1) is 5.92 Å². The number of nitrogens with zero attached hydrogens (tertiary/aromatic N) is 1. The molecular formula is C23H28N2O4. The van der Waals surface area contributed by atoms with Crippen molar-refractivity contribution in [2.75, 3.05) is 31.0 Å². The standard InChI is InChI=1S/C23H28N2O4/c1-5-15-8-7-9-16(6-2)22(15)24-23(27)17-12-21(26)25(14-17)19-11-10-18(28-3)13-20(19)29-4/h7-11,13,17H,5-6,12,14H2,1-4H3,(H,24,27)/t17-/m1/s1. The topological polar surface area (TPSA) is 67.9 Å². The fraction of sp³-hybridized carbons (Fsp3) is 0.391. The van der Waals surface area contributed by atoms with E-state index in [1.54, 1.807) is 37.3 Å². The number of hydrogen-bond donors (Lipinski definition) is 1. The van der Waals surface area contributed by atoms with Crippen LogP contribution >= 0.6 is 0 Å². The molecule has 1 saturated heterocycles. The van der Waals surface area contributed by atoms with Gasteiger partial charge in [0, 0.05) is 24.7 Å². The summed E-state index contributed by atoms with van der Waals surface area (Å²) in [5.41, 5.74) is 3.75. The molecule has 154 valence electrons. The lowest BCUT2D eigenvalue weighted by Crippen LogP contribution is -2.29. The van der Waals surface area contributed by atoms with Crippen LogP contribution in [-0.2, 0) is 22.4 Å². The quantitative estimate of drug-likeness (QED) is 0.773. The largest absolute Gasteiger partial charge is 0.497 e. The smallest absolute Gasteiger partial charge is 0.229 e. The van der Waals surface area contributed by atoms with Crippen molar-refractivity contribution in [2.24, 2.45) is 5.92 Å². The molecule has 1 aliphatic rings. The van der Waals surface area contributed by atoms with E-state index in [0.29, 0.717) is 23.7 Å². The van der Waals surface area contributed by atoms with Gasteiger partial charge in [0.25, 0.3) is 0 Å². The summed E-state index contributed by atoms with van der Waals surface area (Å²) < 4.78 is 10.6. The summed E-state index contributed by atoms with van der Waals surface area (Å²) in [7, 11) is 3.13. The third kappa shape index (κ3) is 4.21. The Bertz CT molecular complexity index is 887. The van der Waals surface area contributed by atoms with Gasteiger partial charge in [-0.2, -0.15) is 0 Å². The van der Waals surface area contributed by atoms with Crippen LogP contribution in [0.25, 0.3) is 0 Å². The lowest BCUT2D eigenvalue weighted by atomic mass is 10.0. The molecule has 0 radical (unpaired) electrons. The Hall–Kier alpha value is -3.02. The van der Waals surface area contributed by atoms with E-state index in [1.807, 2.05) is 18.2 Å². The molecule has 1 atom stereocenters. The van der Waals surface area contributed by atoms with Crippen LogP contribution in [0.2, 0.25) is 0 Å². The minimum atomic E-state index is -0.413. The Morgan fingerprint density at radius 2 is 1.79 bits per heavy atom. The van der Waals surface area contributed by atoms with Gasteiger partial charge in [0.2, 0.25) is 11.8 Å². The van der Waals surface area contributed by atoms with E-state index < -0.39 is 5.92 Å². The van der Waals surface area contributed by atoms with Crippen molar-refractivity contribution in [3.63, 3.8) is 0 Å². The van der Waals surface area contributed by atoms with Crippen molar-refractivity contribution in [1.82, 2.24) is 0 Å². The number of anilines is 2. The Balaban J connectivity index is 1.80. The third-order valence-electron chi connectivity index (χ3n) is 5.42. The molecule has 0 aromatic heterocycles. The maximum Gasteiger partial charge on any atom is 0.229 e. The molecule has 29 heavy (non-hydrogen) atoms. The monoisotopic (exact) mass is 396 g/mol. The van der Waals surface area contributed by atoms with Crippen LogP contribution in [-0.4, -0.2) is 32.6 Å². The molecule has 3 rings (SSSR count). The molecular weight excluding hydrogens is 368 g/mol. The van der Waals surface area contributed by atoms with E-state index in [0.717, 1.165) is 29.7 Å². The Morgan fingerprint density at radius 3 is 2.38 bits per heavy atom. The normalized spacial score (nSPS) is 16.1. The zero-order chi connectivity index (χ0) is 21.0. The zero-order valence-corrected chi connectivity index (χ0v) is 17.5. The number of carbonyl (C=O) groups excluding carboxylic acids is 2. The van der Waals surface area contributed by atoms with E-state index in [2.05, 4.69) is 19.2 Å². The highest BCUT2D eigenvalue weighted by atomic mass is 16.5. The van der Waals surface area contributed by atoms with Crippen molar-refractivity contribution in [3.8, 4) is 11.5 Å². The lowest BCUT2D eigenvalue weighted by molar-refractivity contribution is -0.122. The minimum Gasteiger partial charge on any atom is -0.497 e. The summed E-state index contributed by atoms with van der Waals surface area (Å²) in [5, 5.41) is 3.09. The Morgan fingerprint density at radius 1 is 1.10 bits per heavy atom. The van der Waals surface area contributed by atoms with Gasteiger partial charge in [-0.3, -0.25) is 9.59 Å². The van der Waals surface area contributed by atoms with Crippen LogP contribution in [0.1, 0.15) is 31.4 Å². The number of ether oxygens (including phenoxy) is 2. The van der Waals surface area contributed by atoms with E-state index in [9.17, 15) is 9.59 Å². The Kier molecular flexibility index (Phi) is 6.42. The Labute approximate surface area is 171 Å². The highest BCUT2D eigenvalue weighted by Gasteiger charge is 2.36. The van der Waals surface area contributed by atoms with Crippen molar-refractivity contribution >= 4 is 23.2 Å². The van der Waals surface area contributed by atoms with Gasteiger partial charge in [-0.05, 0) is 36.1 Å². The number of aryl methyl sites for hydroxylation is 2. The summed E-state index contributed by atoms with van der Waals surface area (Å²) >= 11 is 0. The predicted octanol–water partition coefficient (Wildman–Crippen LogP) is 3.82. The first-order valence-electron chi connectivity index (χ1n) is 9.96. The molecule has 2 aromatic rings. The van der Waals surface area contributed by atoms with Gasteiger partial charge in [-0.15, -0.1) is 0 Å². The summed E-state index contributed by atoms with van der Waals surface area (Å²) in [5.74, 6) is 0.569. The maximum absolute atomic E-state index is 13.0. The predicted molar refractivity (Wildman–Crippen MR) is 114 cm³/mol. The molecule has 0 saturated carbocycles. The van der Waals surface area contributed by atoms with Crippen LogP contribution in [0.15, 0.2) is 36.4 Å². The molecule has 1 aliphatic heterocycles. The van der Waals surface area contributed by atoms with Crippen LogP contribution < -0.4 is 19.7 Å². The summed E-state index contributed by atoms with van der Waals surface area (Å²) in [4.78, 5) is 27.3. The first-order chi connectivity index (χ1) is 14.0. The van der Waals surface area contributed by atoms with E-state index in [4.69, 9.17) is 9.47 Å². The van der Waals surface area contributed by atoms with Crippen LogP contribution in [0.4, 0.5) is 11.4 Å². The molecule has 0 spiro atoms. The number of carbonyl (C=O) groups is 2. The van der Waals surface area contributed by atoms with Gasteiger partial charge in [-0.25, -0.2) is 0 Å². The van der Waals surface area contributed by atoms with E-state index in [-0.39, 0.29) is 18.2 Å². The molecule has 6 nitrogen and oxygen atoms in total. The second-order valence-electron chi connectivity index (χ2n) is 7.09. The second kappa shape index (κ2) is 8.99. The number of rotatable bonds is 7. The molecule has 2 amide bonds. The van der Waals surface area contributed by atoms with Crippen molar-refractivity contribution in [2.45, 2.75) is 33.1 Å². The molecule has 0 unspecified atom stereocenters. The van der Waals surface area contributed by atoms with Crippen molar-refractivity contribution < 1.29 is 19.1 Å². The molecule has 2 aromatic carbocycles. The number of benzene rings is 2. The van der Waals surface area contributed by atoms with Gasteiger partial charge in [0.1, 0.15) is 11.5 Å². The van der Waals surface area contributed by atoms with Gasteiger partial charge in [-0.1, -0.05) is 32.0 Å². The molecule has 1 N–H and O–H groups in total. The first-order valence-corrected chi connectivity index (χ1v) is 9.96. The van der Waals surface area contributed by atoms with E-state index in [1.165, 1.54) is 0 Å². The summed E-state index contributed by atoms with van der Waals surface area (Å²) in [6.45, 7) is 4.46. The highest BCUT2D eigenvalue weighted by molar-refractivity contribution is 6.04. The summed E-state index contributed by atoms with van der Waals surface area (Å²) in [6, 6.07) is 11.4. The van der Waals surface area contributed by atoms with Crippen molar-refractivity contribution in [3.05, 3.63) is 47.5 Å². The van der Waals surface area contributed by atoms with Crippen LogP contribution in [0.5, 0.6) is 11.5 Å². The molecule has 1 fully saturated rings. The van der Waals surface area contributed by atoms with E-state index >= 15 is 0 Å². The number of nitrogens with one attached hydrogen (secondary N) is 1. The minimum absolute atomic E-state index is 0.0897. The number of hydrogen-bond acceptors (Lipinski definition) is 4. The molecule has 1 heterocycles. The lowest BCUT2D eigenvalue weighted by Gasteiger charge is -2.20. The molecule has 0 aliphatic carbocycles. The van der Waals surface area contributed by atoms with Crippen LogP contribution in [0.3, 0.4) is 0 Å². The first kappa shape index (κ1) is 20.7. The fourth-order valence-electron chi connectivity index (χ4n) is 3.75. The molecule has 6 heteroatoms. The SMILES string of the molecule is CCc1cccc(CC)c1NC(=O)[C@@H]1CC(=O)N(c2ccc(OC)cc2OC)C1. The van der Waals surface area contributed by atoms with Crippen molar-refractivity contribution in [1.29, 1.82) is 0 Å².